The van der Waals surface area contributed by atoms with Crippen molar-refractivity contribution in [1.29, 1.82) is 0 Å². The van der Waals surface area contributed by atoms with E-state index in [1.807, 2.05) is 0 Å². The third kappa shape index (κ3) is 4.80. The van der Waals surface area contributed by atoms with Crippen LogP contribution in [-0.2, 0) is 6.54 Å². The highest BCUT2D eigenvalue weighted by Gasteiger charge is 2.13. The maximum absolute atomic E-state index is 13.6. The van der Waals surface area contributed by atoms with Crippen LogP contribution in [0.25, 0.3) is 0 Å². The number of halogens is 2. The van der Waals surface area contributed by atoms with Crippen molar-refractivity contribution in [1.82, 2.24) is 10.6 Å². The van der Waals surface area contributed by atoms with E-state index in [4.69, 9.17) is 33.3 Å². The summed E-state index contributed by atoms with van der Waals surface area (Å²) in [6.07, 6.45) is 0. The van der Waals surface area contributed by atoms with E-state index in [0.717, 1.165) is 0 Å². The summed E-state index contributed by atoms with van der Waals surface area (Å²) in [5.41, 5.74) is 0.609. The van der Waals surface area contributed by atoms with Crippen molar-refractivity contribution in [3.8, 4) is 11.5 Å². The Morgan fingerprint density at radius 2 is 1.84 bits per heavy atom. The van der Waals surface area contributed by atoms with Crippen molar-refractivity contribution in [2.75, 3.05) is 14.2 Å². The lowest BCUT2D eigenvalue weighted by atomic mass is 10.2. The number of amides is 1. The number of ether oxygens (including phenoxy) is 2. The summed E-state index contributed by atoms with van der Waals surface area (Å²) >= 11 is 11.2. The largest absolute Gasteiger partial charge is 0.493 e. The predicted octanol–water partition coefficient (Wildman–Crippen LogP) is 3.30. The van der Waals surface area contributed by atoms with Gasteiger partial charge < -0.3 is 14.8 Å². The lowest BCUT2D eigenvalue weighted by Gasteiger charge is -2.14. The van der Waals surface area contributed by atoms with E-state index in [1.54, 1.807) is 18.2 Å². The van der Waals surface area contributed by atoms with Crippen LogP contribution in [0.3, 0.4) is 0 Å². The number of rotatable bonds is 5. The number of carbonyl (C=O) groups excluding carboxylic acids is 1. The first kappa shape index (κ1) is 19.0. The van der Waals surface area contributed by atoms with Gasteiger partial charge in [0, 0.05) is 17.6 Å². The molecule has 132 valence electrons. The number of thiocarbonyl (C=S) groups is 1. The number of nitrogens with one attached hydrogen (secondary N) is 2. The Kier molecular flexibility index (Phi) is 6.55. The fourth-order valence-electron chi connectivity index (χ4n) is 2.07. The van der Waals surface area contributed by atoms with Gasteiger partial charge in [0.2, 0.25) is 0 Å². The number of methoxy groups -OCH3 is 2. The topological polar surface area (TPSA) is 59.6 Å². The van der Waals surface area contributed by atoms with Gasteiger partial charge in [-0.25, -0.2) is 4.39 Å². The van der Waals surface area contributed by atoms with Crippen molar-refractivity contribution in [3.05, 3.63) is 58.4 Å². The summed E-state index contributed by atoms with van der Waals surface area (Å²) in [5, 5.41) is 5.77. The Morgan fingerprint density at radius 3 is 2.48 bits per heavy atom. The first-order valence-electron chi connectivity index (χ1n) is 7.20. The summed E-state index contributed by atoms with van der Waals surface area (Å²) in [4.78, 5) is 12.0. The van der Waals surface area contributed by atoms with Gasteiger partial charge in [-0.05, 0) is 36.0 Å². The third-order valence-corrected chi connectivity index (χ3v) is 3.94. The fraction of sp³-hybridized carbons (Fsp3) is 0.176. The molecule has 2 aromatic rings. The Hall–Kier alpha value is -2.38. The monoisotopic (exact) mass is 382 g/mol. The molecule has 0 unspecified atom stereocenters. The molecule has 0 saturated carbocycles. The van der Waals surface area contributed by atoms with E-state index in [0.29, 0.717) is 22.1 Å². The van der Waals surface area contributed by atoms with E-state index in [-0.39, 0.29) is 17.2 Å². The lowest BCUT2D eigenvalue weighted by molar-refractivity contribution is 0.0972. The molecule has 0 radical (unpaired) electrons. The second kappa shape index (κ2) is 8.64. The van der Waals surface area contributed by atoms with Gasteiger partial charge in [-0.2, -0.15) is 0 Å². The van der Waals surface area contributed by atoms with Crippen LogP contribution in [0.5, 0.6) is 11.5 Å². The predicted molar refractivity (Wildman–Crippen MR) is 97.9 cm³/mol. The highest BCUT2D eigenvalue weighted by molar-refractivity contribution is 7.80. The summed E-state index contributed by atoms with van der Waals surface area (Å²) in [6.45, 7) is 0.246. The minimum Gasteiger partial charge on any atom is -0.493 e. The van der Waals surface area contributed by atoms with Crippen LogP contribution >= 0.6 is 23.8 Å². The molecule has 2 aromatic carbocycles. The van der Waals surface area contributed by atoms with Crippen LogP contribution in [0.2, 0.25) is 5.02 Å². The quantitative estimate of drug-likeness (QED) is 0.777. The molecule has 0 atom stereocenters. The van der Waals surface area contributed by atoms with Gasteiger partial charge in [0.05, 0.1) is 19.8 Å². The molecule has 0 bridgehead atoms. The van der Waals surface area contributed by atoms with Crippen molar-refractivity contribution >= 4 is 34.8 Å². The fourth-order valence-corrected chi connectivity index (χ4v) is 2.45. The van der Waals surface area contributed by atoms with Crippen LogP contribution < -0.4 is 20.1 Å². The Morgan fingerprint density at radius 1 is 1.20 bits per heavy atom. The molecular weight excluding hydrogens is 367 g/mol. The second-order valence-corrected chi connectivity index (χ2v) is 5.73. The Bertz CT molecular complexity index is 801. The molecule has 0 aromatic heterocycles. The molecule has 0 saturated heterocycles. The van der Waals surface area contributed by atoms with Gasteiger partial charge in [-0.1, -0.05) is 23.7 Å². The van der Waals surface area contributed by atoms with E-state index in [2.05, 4.69) is 10.6 Å². The molecule has 0 spiro atoms. The molecule has 0 fully saturated rings. The van der Waals surface area contributed by atoms with Crippen LogP contribution in [0, 0.1) is 5.82 Å². The molecule has 1 amide bonds. The first-order chi connectivity index (χ1) is 12.0. The van der Waals surface area contributed by atoms with E-state index in [9.17, 15) is 9.18 Å². The molecule has 0 aliphatic carbocycles. The number of hydrogen-bond donors (Lipinski definition) is 2. The highest BCUT2D eigenvalue weighted by atomic mass is 35.5. The molecule has 8 heteroatoms. The molecule has 2 N–H and O–H groups in total. The van der Waals surface area contributed by atoms with Gasteiger partial charge in [0.25, 0.3) is 5.91 Å². The van der Waals surface area contributed by atoms with Gasteiger partial charge in [-0.15, -0.1) is 0 Å². The molecule has 0 aliphatic rings. The minimum atomic E-state index is -0.631. The zero-order valence-electron chi connectivity index (χ0n) is 13.6. The molecule has 0 aliphatic heterocycles. The number of carbonyl (C=O) groups is 1. The van der Waals surface area contributed by atoms with Crippen molar-refractivity contribution in [2.45, 2.75) is 6.54 Å². The standard InChI is InChI=1S/C17H16ClFN2O3S/c1-23-14-7-10(12(18)8-15(14)24-2)9-20-17(25)21-16(22)11-5-3-4-6-13(11)19/h3-8H,9H2,1-2H3,(H2,20,21,22,25). The maximum Gasteiger partial charge on any atom is 0.260 e. The summed E-state index contributed by atoms with van der Waals surface area (Å²) in [5.74, 6) is -0.226. The Balaban J connectivity index is 2.01. The highest BCUT2D eigenvalue weighted by Crippen LogP contribution is 2.32. The van der Waals surface area contributed by atoms with Crippen molar-refractivity contribution in [2.24, 2.45) is 0 Å². The van der Waals surface area contributed by atoms with E-state index < -0.39 is 11.7 Å². The van der Waals surface area contributed by atoms with Crippen molar-refractivity contribution < 1.29 is 18.7 Å². The summed E-state index contributed by atoms with van der Waals surface area (Å²) in [7, 11) is 3.03. The SMILES string of the molecule is COc1cc(Cl)c(CNC(=S)NC(=O)c2ccccc2F)cc1OC. The van der Waals surface area contributed by atoms with Crippen LogP contribution in [-0.4, -0.2) is 25.2 Å². The molecular formula is C17H16ClFN2O3S. The van der Waals surface area contributed by atoms with Gasteiger partial charge >= 0.3 is 0 Å². The average molecular weight is 383 g/mol. The van der Waals surface area contributed by atoms with Gasteiger partial charge in [-0.3, -0.25) is 10.1 Å². The van der Waals surface area contributed by atoms with Gasteiger partial charge in [0.15, 0.2) is 16.6 Å². The number of benzene rings is 2. The van der Waals surface area contributed by atoms with Crippen LogP contribution in [0.4, 0.5) is 4.39 Å². The van der Waals surface area contributed by atoms with Crippen LogP contribution in [0.15, 0.2) is 36.4 Å². The third-order valence-electron chi connectivity index (χ3n) is 3.34. The van der Waals surface area contributed by atoms with Gasteiger partial charge in [0.1, 0.15) is 5.82 Å². The average Bonchev–Trinajstić information content (AvgIpc) is 2.60. The van der Waals surface area contributed by atoms with E-state index in [1.165, 1.54) is 32.4 Å². The Labute approximate surface area is 155 Å². The zero-order valence-corrected chi connectivity index (χ0v) is 15.1. The summed E-state index contributed by atoms with van der Waals surface area (Å²) in [6, 6.07) is 8.97. The van der Waals surface area contributed by atoms with Crippen molar-refractivity contribution in [3.63, 3.8) is 0 Å². The first-order valence-corrected chi connectivity index (χ1v) is 7.99. The molecule has 2 rings (SSSR count). The smallest absolute Gasteiger partial charge is 0.260 e. The minimum absolute atomic E-state index is 0.0547. The normalized spacial score (nSPS) is 10.1. The second-order valence-electron chi connectivity index (χ2n) is 4.92. The zero-order chi connectivity index (χ0) is 18.4. The van der Waals surface area contributed by atoms with E-state index >= 15 is 0 Å². The lowest BCUT2D eigenvalue weighted by Crippen LogP contribution is -2.39. The summed E-state index contributed by atoms with van der Waals surface area (Å²) < 4.78 is 24.0. The molecule has 5 nitrogen and oxygen atoms in total. The number of hydrogen-bond acceptors (Lipinski definition) is 4. The maximum atomic E-state index is 13.6. The van der Waals surface area contributed by atoms with Crippen LogP contribution in [0.1, 0.15) is 15.9 Å². The molecule has 25 heavy (non-hydrogen) atoms. The molecule has 0 heterocycles.